The topological polar surface area (TPSA) is 9.23 Å². The Morgan fingerprint density at radius 2 is 2.00 bits per heavy atom. The minimum Gasteiger partial charge on any atom is -0.497 e. The van der Waals surface area contributed by atoms with E-state index in [4.69, 9.17) is 16.3 Å². The number of benzene rings is 1. The van der Waals surface area contributed by atoms with Gasteiger partial charge < -0.3 is 4.74 Å². The highest BCUT2D eigenvalue weighted by molar-refractivity contribution is 9.10. The van der Waals surface area contributed by atoms with Crippen LogP contribution in [0.1, 0.15) is 39.2 Å². The van der Waals surface area contributed by atoms with Gasteiger partial charge in [-0.2, -0.15) is 0 Å². The molecule has 3 heteroatoms. The Balaban J connectivity index is 2.53. The molecule has 0 N–H and O–H groups in total. The molecule has 1 aromatic rings. The number of aryl methyl sites for hydroxylation is 1. The quantitative estimate of drug-likeness (QED) is 0.652. The summed E-state index contributed by atoms with van der Waals surface area (Å²) in [5.41, 5.74) is 1.46. The molecule has 1 aromatic carbocycles. The van der Waals surface area contributed by atoms with Gasteiger partial charge in [-0.05, 0) is 48.4 Å². The molecule has 0 fully saturated rings. The van der Waals surface area contributed by atoms with Crippen molar-refractivity contribution in [2.24, 2.45) is 5.41 Å². The first-order valence-corrected chi connectivity index (χ1v) is 7.54. The lowest BCUT2D eigenvalue weighted by Gasteiger charge is -2.25. The minimum atomic E-state index is 0.174. The van der Waals surface area contributed by atoms with Gasteiger partial charge >= 0.3 is 0 Å². The van der Waals surface area contributed by atoms with Crippen LogP contribution in [0.25, 0.3) is 0 Å². The summed E-state index contributed by atoms with van der Waals surface area (Å²) in [6, 6.07) is 6.09. The lowest BCUT2D eigenvalue weighted by atomic mass is 9.88. The van der Waals surface area contributed by atoms with E-state index >= 15 is 0 Å². The number of hydrogen-bond acceptors (Lipinski definition) is 1. The largest absolute Gasteiger partial charge is 0.497 e. The SMILES string of the molecule is COc1ccc(Br)c(CCCC(Cl)C(C)(C)C)c1. The molecule has 0 heterocycles. The van der Waals surface area contributed by atoms with Crippen LogP contribution in [0.5, 0.6) is 5.75 Å². The zero-order chi connectivity index (χ0) is 13.8. The molecule has 102 valence electrons. The van der Waals surface area contributed by atoms with Crippen LogP contribution in [0.4, 0.5) is 0 Å². The highest BCUT2D eigenvalue weighted by Crippen LogP contribution is 2.29. The van der Waals surface area contributed by atoms with E-state index in [1.54, 1.807) is 7.11 Å². The van der Waals surface area contributed by atoms with Crippen LogP contribution in [0.3, 0.4) is 0 Å². The van der Waals surface area contributed by atoms with E-state index < -0.39 is 0 Å². The van der Waals surface area contributed by atoms with Crippen LogP contribution in [0.15, 0.2) is 22.7 Å². The van der Waals surface area contributed by atoms with Crippen molar-refractivity contribution in [3.8, 4) is 5.75 Å². The number of alkyl halides is 1. The maximum atomic E-state index is 6.39. The van der Waals surface area contributed by atoms with Crippen LogP contribution in [-0.2, 0) is 6.42 Å². The van der Waals surface area contributed by atoms with Gasteiger partial charge in [0.05, 0.1) is 7.11 Å². The molecule has 0 bridgehead atoms. The van der Waals surface area contributed by atoms with E-state index in [1.807, 2.05) is 12.1 Å². The van der Waals surface area contributed by atoms with Crippen LogP contribution in [0.2, 0.25) is 0 Å². The van der Waals surface area contributed by atoms with Crippen LogP contribution < -0.4 is 4.74 Å². The summed E-state index contributed by atoms with van der Waals surface area (Å²) in [6.45, 7) is 6.56. The van der Waals surface area contributed by atoms with Gasteiger partial charge in [0.1, 0.15) is 5.75 Å². The molecule has 0 aliphatic heterocycles. The molecule has 0 saturated heterocycles. The predicted molar refractivity (Wildman–Crippen MR) is 82.7 cm³/mol. The first-order valence-electron chi connectivity index (χ1n) is 6.31. The van der Waals surface area contributed by atoms with Crippen molar-refractivity contribution in [2.75, 3.05) is 7.11 Å². The van der Waals surface area contributed by atoms with Crippen molar-refractivity contribution in [2.45, 2.75) is 45.4 Å². The summed E-state index contributed by atoms with van der Waals surface area (Å²) in [5.74, 6) is 0.909. The smallest absolute Gasteiger partial charge is 0.119 e. The van der Waals surface area contributed by atoms with Crippen molar-refractivity contribution in [1.82, 2.24) is 0 Å². The van der Waals surface area contributed by atoms with Crippen LogP contribution in [-0.4, -0.2) is 12.5 Å². The first kappa shape index (κ1) is 15.8. The highest BCUT2D eigenvalue weighted by atomic mass is 79.9. The zero-order valence-corrected chi connectivity index (χ0v) is 13.9. The molecule has 0 spiro atoms. The summed E-state index contributed by atoms with van der Waals surface area (Å²) >= 11 is 9.96. The number of rotatable bonds is 5. The Morgan fingerprint density at radius 3 is 2.56 bits per heavy atom. The second-order valence-corrected chi connectivity index (χ2v) is 7.06. The van der Waals surface area contributed by atoms with Crippen LogP contribution in [0, 0.1) is 5.41 Å². The molecule has 0 aliphatic carbocycles. The highest BCUT2D eigenvalue weighted by Gasteiger charge is 2.21. The predicted octanol–water partition coefficient (Wildman–Crippen LogP) is 5.43. The third kappa shape index (κ3) is 4.81. The van der Waals surface area contributed by atoms with Gasteiger partial charge in [-0.3, -0.25) is 0 Å². The Bertz CT molecular complexity index is 385. The molecular formula is C15H22BrClO. The van der Waals surface area contributed by atoms with E-state index in [-0.39, 0.29) is 10.8 Å². The minimum absolute atomic E-state index is 0.174. The van der Waals surface area contributed by atoms with Gasteiger partial charge in [-0.1, -0.05) is 36.7 Å². The van der Waals surface area contributed by atoms with Gasteiger partial charge in [-0.15, -0.1) is 11.6 Å². The maximum Gasteiger partial charge on any atom is 0.119 e. The average Bonchev–Trinajstić information content (AvgIpc) is 2.30. The molecular weight excluding hydrogens is 312 g/mol. The van der Waals surface area contributed by atoms with E-state index in [1.165, 1.54) is 5.56 Å². The lowest BCUT2D eigenvalue weighted by molar-refractivity contribution is 0.368. The fourth-order valence-electron chi connectivity index (χ4n) is 1.77. The molecule has 0 amide bonds. The number of methoxy groups -OCH3 is 1. The van der Waals surface area contributed by atoms with Gasteiger partial charge in [0.25, 0.3) is 0 Å². The van der Waals surface area contributed by atoms with Crippen molar-refractivity contribution in [3.63, 3.8) is 0 Å². The van der Waals surface area contributed by atoms with Crippen molar-refractivity contribution >= 4 is 27.5 Å². The summed E-state index contributed by atoms with van der Waals surface area (Å²) in [7, 11) is 1.70. The van der Waals surface area contributed by atoms with Crippen molar-refractivity contribution in [1.29, 1.82) is 0 Å². The Labute approximate surface area is 124 Å². The van der Waals surface area contributed by atoms with Crippen molar-refractivity contribution in [3.05, 3.63) is 28.2 Å². The fraction of sp³-hybridized carbons (Fsp3) is 0.600. The molecule has 0 aromatic heterocycles. The molecule has 18 heavy (non-hydrogen) atoms. The number of halogens is 2. The third-order valence-electron chi connectivity index (χ3n) is 3.10. The molecule has 0 radical (unpaired) electrons. The molecule has 1 atom stereocenters. The Hall–Kier alpha value is -0.210. The molecule has 1 rings (SSSR count). The lowest BCUT2D eigenvalue weighted by Crippen LogP contribution is -2.20. The fourth-order valence-corrected chi connectivity index (χ4v) is 2.37. The maximum absolute atomic E-state index is 6.39. The van der Waals surface area contributed by atoms with E-state index in [9.17, 15) is 0 Å². The van der Waals surface area contributed by atoms with Gasteiger partial charge in [0, 0.05) is 9.85 Å². The second kappa shape index (κ2) is 6.81. The zero-order valence-electron chi connectivity index (χ0n) is 11.6. The van der Waals surface area contributed by atoms with Gasteiger partial charge in [-0.25, -0.2) is 0 Å². The first-order chi connectivity index (χ1) is 8.34. The van der Waals surface area contributed by atoms with E-state index in [0.717, 1.165) is 29.5 Å². The summed E-state index contributed by atoms with van der Waals surface area (Å²) < 4.78 is 6.39. The second-order valence-electron chi connectivity index (χ2n) is 5.68. The number of hydrogen-bond donors (Lipinski definition) is 0. The van der Waals surface area contributed by atoms with Gasteiger partial charge in [0.2, 0.25) is 0 Å². The standard InChI is InChI=1S/C15H22BrClO/c1-15(2,3)14(17)7-5-6-11-10-12(18-4)8-9-13(11)16/h8-10,14H,5-7H2,1-4H3. The Morgan fingerprint density at radius 1 is 1.33 bits per heavy atom. The monoisotopic (exact) mass is 332 g/mol. The number of ether oxygens (including phenoxy) is 1. The van der Waals surface area contributed by atoms with Gasteiger partial charge in [0.15, 0.2) is 0 Å². The van der Waals surface area contributed by atoms with E-state index in [0.29, 0.717) is 0 Å². The van der Waals surface area contributed by atoms with E-state index in [2.05, 4.69) is 42.8 Å². The Kier molecular flexibility index (Phi) is 6.00. The third-order valence-corrected chi connectivity index (χ3v) is 4.74. The average molecular weight is 334 g/mol. The molecule has 0 saturated carbocycles. The molecule has 0 aliphatic rings. The summed E-state index contributed by atoms with van der Waals surface area (Å²) in [4.78, 5) is 0. The summed E-state index contributed by atoms with van der Waals surface area (Å²) in [6.07, 6.45) is 3.16. The van der Waals surface area contributed by atoms with Crippen molar-refractivity contribution < 1.29 is 4.74 Å². The van der Waals surface area contributed by atoms with Crippen LogP contribution >= 0.6 is 27.5 Å². The molecule has 1 unspecified atom stereocenters. The molecule has 1 nitrogen and oxygen atoms in total. The summed E-state index contributed by atoms with van der Waals surface area (Å²) in [5, 5.41) is 0.224. The normalized spacial score (nSPS) is 13.4.